The summed E-state index contributed by atoms with van der Waals surface area (Å²) in [6, 6.07) is 5.67. The van der Waals surface area contributed by atoms with Gasteiger partial charge in [-0.3, -0.25) is 9.78 Å². The first kappa shape index (κ1) is 26.0. The third-order valence-electron chi connectivity index (χ3n) is 8.06. The van der Waals surface area contributed by atoms with Gasteiger partial charge in [-0.15, -0.1) is 6.58 Å². The van der Waals surface area contributed by atoms with E-state index in [0.717, 1.165) is 40.9 Å². The highest BCUT2D eigenvalue weighted by atomic mass is 35.5. The number of benzene rings is 1. The van der Waals surface area contributed by atoms with E-state index in [9.17, 15) is 9.59 Å². The Hall–Kier alpha value is -2.64. The van der Waals surface area contributed by atoms with Crippen LogP contribution in [0.5, 0.6) is 0 Å². The summed E-state index contributed by atoms with van der Waals surface area (Å²) in [7, 11) is 0. The summed E-state index contributed by atoms with van der Waals surface area (Å²) in [6.45, 7) is 9.50. The third-order valence-corrected chi connectivity index (χ3v) is 8.49. The standard InChI is InChI=1S/C29H37ClN4O3/c1-2-3-18-37-29(36)34-16-14-33(15-17-34)28(35)22-7-9-24-26(20-22)31-25-19-21(6-8-23(25)27(24)30)10-13-32-11-4-5-12-32/h2,7,9,20-21H,1,3-6,8,10-19H2. The van der Waals surface area contributed by atoms with Crippen molar-refractivity contribution in [3.63, 3.8) is 0 Å². The van der Waals surface area contributed by atoms with Gasteiger partial charge in [0.25, 0.3) is 5.91 Å². The average Bonchev–Trinajstić information content (AvgIpc) is 3.45. The SMILES string of the molecule is C=CCCOC(=O)N1CCN(C(=O)c2ccc3c(Cl)c4c(nc3c2)CC(CCN2CCCC2)CC4)CC1. The Morgan fingerprint density at radius 2 is 1.86 bits per heavy atom. The maximum atomic E-state index is 13.3. The molecule has 1 unspecified atom stereocenters. The molecule has 0 N–H and O–H groups in total. The second-order valence-corrected chi connectivity index (χ2v) is 10.9. The molecule has 0 saturated carbocycles. The lowest BCUT2D eigenvalue weighted by molar-refractivity contribution is 0.0564. The Kier molecular flexibility index (Phi) is 8.30. The molecule has 2 amide bonds. The maximum Gasteiger partial charge on any atom is 0.409 e. The Bertz CT molecular complexity index is 1160. The Morgan fingerprint density at radius 3 is 2.62 bits per heavy atom. The molecule has 1 aromatic heterocycles. The fraction of sp³-hybridized carbons (Fsp3) is 0.552. The van der Waals surface area contributed by atoms with Crippen molar-refractivity contribution in [2.45, 2.75) is 44.9 Å². The molecule has 8 heteroatoms. The molecule has 2 saturated heterocycles. The highest BCUT2D eigenvalue weighted by molar-refractivity contribution is 6.36. The van der Waals surface area contributed by atoms with Crippen molar-refractivity contribution in [1.82, 2.24) is 19.7 Å². The number of aromatic nitrogens is 1. The minimum Gasteiger partial charge on any atom is -0.449 e. The van der Waals surface area contributed by atoms with Crippen LogP contribution in [0.2, 0.25) is 5.02 Å². The predicted octanol–water partition coefficient (Wildman–Crippen LogP) is 4.95. The fourth-order valence-corrected chi connectivity index (χ4v) is 6.17. The molecule has 3 heterocycles. The predicted molar refractivity (Wildman–Crippen MR) is 146 cm³/mol. The quantitative estimate of drug-likeness (QED) is 0.379. The van der Waals surface area contributed by atoms with Gasteiger partial charge in [-0.1, -0.05) is 23.7 Å². The normalized spacial score (nSPS) is 20.2. The van der Waals surface area contributed by atoms with Gasteiger partial charge in [0.1, 0.15) is 0 Å². The number of piperazine rings is 1. The highest BCUT2D eigenvalue weighted by Gasteiger charge is 2.27. The summed E-state index contributed by atoms with van der Waals surface area (Å²) in [5.74, 6) is 0.597. The first-order valence-corrected chi connectivity index (χ1v) is 14.1. The van der Waals surface area contributed by atoms with Gasteiger partial charge in [0.15, 0.2) is 0 Å². The lowest BCUT2D eigenvalue weighted by atomic mass is 9.84. The van der Waals surface area contributed by atoms with Crippen LogP contribution >= 0.6 is 11.6 Å². The van der Waals surface area contributed by atoms with Crippen molar-refractivity contribution in [3.05, 3.63) is 52.7 Å². The van der Waals surface area contributed by atoms with Crippen LogP contribution in [0.1, 0.15) is 53.7 Å². The fourth-order valence-electron chi connectivity index (χ4n) is 5.81. The van der Waals surface area contributed by atoms with Gasteiger partial charge in [-0.2, -0.15) is 0 Å². The van der Waals surface area contributed by atoms with Gasteiger partial charge in [0.05, 0.1) is 17.1 Å². The van der Waals surface area contributed by atoms with Crippen molar-refractivity contribution in [2.24, 2.45) is 5.92 Å². The number of hydrogen-bond acceptors (Lipinski definition) is 5. The largest absolute Gasteiger partial charge is 0.449 e. The number of pyridine rings is 1. The zero-order valence-corrected chi connectivity index (χ0v) is 22.3. The van der Waals surface area contributed by atoms with Crippen molar-refractivity contribution in [3.8, 4) is 0 Å². The van der Waals surface area contributed by atoms with E-state index in [1.54, 1.807) is 15.9 Å². The van der Waals surface area contributed by atoms with Gasteiger partial charge in [0.2, 0.25) is 0 Å². The first-order chi connectivity index (χ1) is 18.0. The summed E-state index contributed by atoms with van der Waals surface area (Å²) < 4.78 is 5.24. The van der Waals surface area contributed by atoms with E-state index in [4.69, 9.17) is 21.3 Å². The van der Waals surface area contributed by atoms with Crippen LogP contribution in [0, 0.1) is 5.92 Å². The van der Waals surface area contributed by atoms with Crippen molar-refractivity contribution < 1.29 is 14.3 Å². The monoisotopic (exact) mass is 524 g/mol. The first-order valence-electron chi connectivity index (χ1n) is 13.7. The number of rotatable bonds is 7. The second kappa shape index (κ2) is 11.8. The number of carbonyl (C=O) groups is 2. The lowest BCUT2D eigenvalue weighted by Crippen LogP contribution is -2.50. The molecule has 0 radical (unpaired) electrons. The van der Waals surface area contributed by atoms with Crippen LogP contribution in [-0.2, 0) is 17.6 Å². The van der Waals surface area contributed by atoms with E-state index in [1.165, 1.54) is 44.5 Å². The number of fused-ring (bicyclic) bond motifs is 2. The molecule has 2 aromatic rings. The summed E-state index contributed by atoms with van der Waals surface area (Å²) >= 11 is 6.86. The number of carbonyl (C=O) groups excluding carboxylic acids is 2. The van der Waals surface area contributed by atoms with Crippen molar-refractivity contribution >= 4 is 34.5 Å². The van der Waals surface area contributed by atoms with Crippen molar-refractivity contribution in [1.29, 1.82) is 0 Å². The zero-order valence-electron chi connectivity index (χ0n) is 21.6. The van der Waals surface area contributed by atoms with Crippen LogP contribution in [-0.4, -0.2) is 84.1 Å². The van der Waals surface area contributed by atoms with Crippen LogP contribution < -0.4 is 0 Å². The molecule has 1 aliphatic carbocycles. The highest BCUT2D eigenvalue weighted by Crippen LogP contribution is 2.36. The topological polar surface area (TPSA) is 66.0 Å². The minimum atomic E-state index is -0.331. The molecule has 3 aliphatic rings. The van der Waals surface area contributed by atoms with Crippen molar-refractivity contribution in [2.75, 3.05) is 52.4 Å². The molecular weight excluding hydrogens is 488 g/mol. The molecule has 0 spiro atoms. The van der Waals surface area contributed by atoms with E-state index in [2.05, 4.69) is 11.5 Å². The van der Waals surface area contributed by atoms with Gasteiger partial charge < -0.3 is 19.4 Å². The maximum absolute atomic E-state index is 13.3. The van der Waals surface area contributed by atoms with Crippen LogP contribution in [0.4, 0.5) is 4.79 Å². The van der Waals surface area contributed by atoms with E-state index in [0.29, 0.717) is 50.7 Å². The van der Waals surface area contributed by atoms with Gasteiger partial charge in [0, 0.05) is 42.8 Å². The van der Waals surface area contributed by atoms with Crippen LogP contribution in [0.25, 0.3) is 10.9 Å². The molecule has 198 valence electrons. The molecule has 1 atom stereocenters. The number of halogens is 1. The molecule has 1 aromatic carbocycles. The van der Waals surface area contributed by atoms with Gasteiger partial charge in [-0.05, 0) is 88.2 Å². The number of nitrogens with zero attached hydrogens (tertiary/aromatic N) is 4. The Morgan fingerprint density at radius 1 is 1.11 bits per heavy atom. The van der Waals surface area contributed by atoms with E-state index < -0.39 is 0 Å². The molecular formula is C29H37ClN4O3. The summed E-state index contributed by atoms with van der Waals surface area (Å²) in [5.41, 5.74) is 3.68. The van der Waals surface area contributed by atoms with E-state index in [-0.39, 0.29) is 12.0 Å². The molecule has 0 bridgehead atoms. The number of likely N-dealkylation sites (tertiary alicyclic amines) is 1. The average molecular weight is 525 g/mol. The number of ether oxygens (including phenoxy) is 1. The smallest absolute Gasteiger partial charge is 0.409 e. The molecule has 5 rings (SSSR count). The summed E-state index contributed by atoms with van der Waals surface area (Å²) in [4.78, 5) is 36.5. The van der Waals surface area contributed by atoms with E-state index in [1.807, 2.05) is 18.2 Å². The van der Waals surface area contributed by atoms with Crippen LogP contribution in [0.15, 0.2) is 30.9 Å². The van der Waals surface area contributed by atoms with Gasteiger partial charge in [-0.25, -0.2) is 4.79 Å². The van der Waals surface area contributed by atoms with Gasteiger partial charge >= 0.3 is 6.09 Å². The van der Waals surface area contributed by atoms with E-state index >= 15 is 0 Å². The zero-order chi connectivity index (χ0) is 25.8. The molecule has 7 nitrogen and oxygen atoms in total. The third kappa shape index (κ3) is 5.93. The Balaban J connectivity index is 1.24. The second-order valence-electron chi connectivity index (χ2n) is 10.5. The lowest BCUT2D eigenvalue weighted by Gasteiger charge is -2.34. The number of hydrogen-bond donors (Lipinski definition) is 0. The number of amides is 2. The summed E-state index contributed by atoms with van der Waals surface area (Å²) in [5, 5.41) is 1.71. The molecule has 2 aliphatic heterocycles. The molecule has 37 heavy (non-hydrogen) atoms. The van der Waals surface area contributed by atoms with Crippen LogP contribution in [0.3, 0.4) is 0 Å². The summed E-state index contributed by atoms with van der Waals surface area (Å²) in [6.07, 6.45) is 8.99. The Labute approximate surface area is 224 Å². The minimum absolute atomic E-state index is 0.0410. The molecule has 2 fully saturated rings.